The average Bonchev–Trinajstić information content (AvgIpc) is 3.53. The Morgan fingerprint density at radius 3 is 2.70 bits per heavy atom. The molecule has 0 bridgehead atoms. The molecule has 1 amide bonds. The first-order valence-corrected chi connectivity index (χ1v) is 13.4. The molecule has 1 atom stereocenters. The number of thiophene rings is 1. The summed E-state index contributed by atoms with van der Waals surface area (Å²) in [6, 6.07) is 20.2. The number of hydrogen-bond acceptors (Lipinski definition) is 6. The maximum atomic E-state index is 13.1. The Hall–Kier alpha value is -4.02. The summed E-state index contributed by atoms with van der Waals surface area (Å²) < 4.78 is 5.49. The number of aromatic nitrogens is 1. The standard InChI is InChI=1S/C30H25N3O3S/c31-16-23-20-14-13-19(18-7-2-1-3-8-18)15-26(20)37-29(23)33-27(34)17-36-30(35)28-21-9-4-5-11-24(21)32-25-12-6-10-22(25)28/h1-5,7-9,11,19H,6,10,12-15,17H2,(H,33,34). The molecular weight excluding hydrogens is 482 g/mol. The van der Waals surface area contributed by atoms with Crippen LogP contribution in [0.4, 0.5) is 5.00 Å². The number of anilines is 1. The van der Waals surface area contributed by atoms with Crippen LogP contribution in [0.5, 0.6) is 0 Å². The quantitative estimate of drug-likeness (QED) is 0.349. The van der Waals surface area contributed by atoms with Crippen LogP contribution in [0.25, 0.3) is 10.9 Å². The lowest BCUT2D eigenvalue weighted by molar-refractivity contribution is -0.119. The minimum atomic E-state index is -0.511. The van der Waals surface area contributed by atoms with Crippen molar-refractivity contribution in [1.29, 1.82) is 5.26 Å². The molecule has 0 saturated carbocycles. The number of esters is 1. The normalized spacial score (nSPS) is 16.0. The number of rotatable bonds is 5. The summed E-state index contributed by atoms with van der Waals surface area (Å²) in [5, 5.41) is 14.0. The fourth-order valence-corrected chi connectivity index (χ4v) is 6.91. The number of amides is 1. The van der Waals surface area contributed by atoms with Crippen molar-refractivity contribution in [3.63, 3.8) is 0 Å². The van der Waals surface area contributed by atoms with Crippen molar-refractivity contribution in [3.8, 4) is 6.07 Å². The number of carbonyl (C=O) groups excluding carboxylic acids is 2. The molecule has 2 heterocycles. The van der Waals surface area contributed by atoms with Crippen LogP contribution < -0.4 is 5.32 Å². The molecule has 2 aromatic carbocycles. The van der Waals surface area contributed by atoms with E-state index in [-0.39, 0.29) is 0 Å². The van der Waals surface area contributed by atoms with Gasteiger partial charge in [-0.2, -0.15) is 5.26 Å². The predicted octanol–water partition coefficient (Wildman–Crippen LogP) is 5.72. The van der Waals surface area contributed by atoms with Crippen LogP contribution in [0.2, 0.25) is 0 Å². The lowest BCUT2D eigenvalue weighted by Crippen LogP contribution is -2.21. The topological polar surface area (TPSA) is 92.1 Å². The van der Waals surface area contributed by atoms with Crippen LogP contribution in [-0.2, 0) is 35.2 Å². The van der Waals surface area contributed by atoms with E-state index in [9.17, 15) is 14.9 Å². The number of nitrogens with zero attached hydrogens (tertiary/aromatic N) is 2. The summed E-state index contributed by atoms with van der Waals surface area (Å²) in [6.45, 7) is -0.412. The minimum absolute atomic E-state index is 0.403. The van der Waals surface area contributed by atoms with Crippen molar-refractivity contribution in [2.24, 2.45) is 0 Å². The van der Waals surface area contributed by atoms with Gasteiger partial charge < -0.3 is 10.1 Å². The number of aryl methyl sites for hydroxylation is 1. The molecule has 4 aromatic rings. The molecule has 1 N–H and O–H groups in total. The fraction of sp³-hybridized carbons (Fsp3) is 0.267. The van der Waals surface area contributed by atoms with Crippen LogP contribution in [0, 0.1) is 11.3 Å². The zero-order valence-corrected chi connectivity index (χ0v) is 21.1. The number of fused-ring (bicyclic) bond motifs is 3. The summed E-state index contributed by atoms with van der Waals surface area (Å²) in [5.41, 5.74) is 6.00. The van der Waals surface area contributed by atoms with E-state index in [1.807, 2.05) is 30.3 Å². The molecule has 7 heteroatoms. The van der Waals surface area contributed by atoms with Gasteiger partial charge in [-0.1, -0.05) is 48.5 Å². The first kappa shape index (κ1) is 23.4. The van der Waals surface area contributed by atoms with E-state index in [0.29, 0.717) is 22.0 Å². The third-order valence-electron chi connectivity index (χ3n) is 7.36. The van der Waals surface area contributed by atoms with Crippen LogP contribution in [0.1, 0.15) is 61.9 Å². The molecule has 184 valence electrons. The first-order valence-electron chi connectivity index (χ1n) is 12.6. The van der Waals surface area contributed by atoms with Gasteiger partial charge in [-0.25, -0.2) is 4.79 Å². The molecule has 0 spiro atoms. The molecule has 37 heavy (non-hydrogen) atoms. The van der Waals surface area contributed by atoms with Crippen LogP contribution >= 0.6 is 11.3 Å². The number of nitrogens with one attached hydrogen (secondary N) is 1. The summed E-state index contributed by atoms with van der Waals surface area (Å²) in [5.74, 6) is -0.554. The summed E-state index contributed by atoms with van der Waals surface area (Å²) >= 11 is 1.46. The Morgan fingerprint density at radius 1 is 1.05 bits per heavy atom. The fourth-order valence-electron chi connectivity index (χ4n) is 5.61. The third-order valence-corrected chi connectivity index (χ3v) is 8.53. The highest BCUT2D eigenvalue weighted by Gasteiger charge is 2.28. The van der Waals surface area contributed by atoms with E-state index >= 15 is 0 Å². The number of hydrogen-bond donors (Lipinski definition) is 1. The first-order chi connectivity index (χ1) is 18.1. The Bertz CT molecular complexity index is 1570. The molecule has 6 rings (SSSR count). The number of carbonyl (C=O) groups is 2. The second kappa shape index (κ2) is 9.79. The van der Waals surface area contributed by atoms with E-state index in [1.54, 1.807) is 0 Å². The maximum absolute atomic E-state index is 13.1. The van der Waals surface area contributed by atoms with E-state index < -0.39 is 18.5 Å². The molecule has 2 aliphatic rings. The lowest BCUT2D eigenvalue weighted by atomic mass is 9.83. The van der Waals surface area contributed by atoms with Gasteiger partial charge in [0, 0.05) is 16.0 Å². The zero-order valence-electron chi connectivity index (χ0n) is 20.3. The number of para-hydroxylation sites is 1. The van der Waals surface area contributed by atoms with Gasteiger partial charge in [0.25, 0.3) is 5.91 Å². The average molecular weight is 508 g/mol. The van der Waals surface area contributed by atoms with Gasteiger partial charge in [-0.05, 0) is 67.2 Å². The van der Waals surface area contributed by atoms with Gasteiger partial charge in [0.2, 0.25) is 0 Å². The Kier molecular flexibility index (Phi) is 6.19. The zero-order chi connectivity index (χ0) is 25.4. The highest BCUT2D eigenvalue weighted by Crippen LogP contribution is 2.42. The van der Waals surface area contributed by atoms with Crippen molar-refractivity contribution >= 4 is 39.1 Å². The van der Waals surface area contributed by atoms with E-state index in [0.717, 1.165) is 71.1 Å². The summed E-state index contributed by atoms with van der Waals surface area (Å²) in [6.07, 6.45) is 5.19. The monoisotopic (exact) mass is 507 g/mol. The molecule has 2 aromatic heterocycles. The third kappa shape index (κ3) is 4.38. The molecule has 6 nitrogen and oxygen atoms in total. The Morgan fingerprint density at radius 2 is 1.86 bits per heavy atom. The van der Waals surface area contributed by atoms with Crippen LogP contribution in [0.3, 0.4) is 0 Å². The van der Waals surface area contributed by atoms with Gasteiger partial charge in [0.05, 0.1) is 16.6 Å². The van der Waals surface area contributed by atoms with Gasteiger partial charge in [-0.15, -0.1) is 11.3 Å². The molecule has 0 saturated heterocycles. The van der Waals surface area contributed by atoms with Gasteiger partial charge in [0.1, 0.15) is 11.1 Å². The second-order valence-electron chi connectivity index (χ2n) is 9.58. The molecular formula is C30H25N3O3S. The van der Waals surface area contributed by atoms with E-state index in [4.69, 9.17) is 9.72 Å². The van der Waals surface area contributed by atoms with Crippen LogP contribution in [0.15, 0.2) is 54.6 Å². The molecule has 0 aliphatic heterocycles. The van der Waals surface area contributed by atoms with Gasteiger partial charge in [-0.3, -0.25) is 9.78 Å². The molecule has 0 radical (unpaired) electrons. The van der Waals surface area contributed by atoms with E-state index in [1.165, 1.54) is 16.9 Å². The second-order valence-corrected chi connectivity index (χ2v) is 10.7. The van der Waals surface area contributed by atoms with Crippen LogP contribution in [-0.4, -0.2) is 23.5 Å². The van der Waals surface area contributed by atoms with Gasteiger partial charge in [0.15, 0.2) is 6.61 Å². The van der Waals surface area contributed by atoms with E-state index in [2.05, 4.69) is 35.7 Å². The Balaban J connectivity index is 1.17. The smallest absolute Gasteiger partial charge is 0.339 e. The largest absolute Gasteiger partial charge is 0.452 e. The van der Waals surface area contributed by atoms with Crippen molar-refractivity contribution in [1.82, 2.24) is 4.98 Å². The molecule has 2 aliphatic carbocycles. The summed E-state index contributed by atoms with van der Waals surface area (Å²) in [4.78, 5) is 31.8. The highest BCUT2D eigenvalue weighted by atomic mass is 32.1. The number of nitriles is 1. The van der Waals surface area contributed by atoms with Crippen molar-refractivity contribution in [2.45, 2.75) is 44.4 Å². The Labute approximate surface area is 218 Å². The molecule has 1 unspecified atom stereocenters. The number of benzene rings is 2. The van der Waals surface area contributed by atoms with Crippen molar-refractivity contribution in [2.75, 3.05) is 11.9 Å². The SMILES string of the molecule is N#Cc1c(NC(=O)COC(=O)c2c3c(nc4ccccc24)CCC3)sc2c1CCC(c1ccccc1)C2. The predicted molar refractivity (Wildman–Crippen MR) is 143 cm³/mol. The highest BCUT2D eigenvalue weighted by molar-refractivity contribution is 7.16. The maximum Gasteiger partial charge on any atom is 0.339 e. The van der Waals surface area contributed by atoms with Gasteiger partial charge >= 0.3 is 5.97 Å². The summed E-state index contributed by atoms with van der Waals surface area (Å²) in [7, 11) is 0. The number of ether oxygens (including phenoxy) is 1. The number of pyridine rings is 1. The van der Waals surface area contributed by atoms with Crippen molar-refractivity contribution < 1.29 is 14.3 Å². The minimum Gasteiger partial charge on any atom is -0.452 e. The van der Waals surface area contributed by atoms with Crippen molar-refractivity contribution in [3.05, 3.63) is 93.0 Å². The lowest BCUT2D eigenvalue weighted by Gasteiger charge is -2.22. The molecule has 0 fully saturated rings.